The Labute approximate surface area is 103 Å². The van der Waals surface area contributed by atoms with Gasteiger partial charge in [-0.3, -0.25) is 10.1 Å². The van der Waals surface area contributed by atoms with Crippen LogP contribution in [0.5, 0.6) is 0 Å². The second-order valence-electron chi connectivity index (χ2n) is 5.06. The average Bonchev–Trinajstić information content (AvgIpc) is 2.57. The first-order chi connectivity index (χ1) is 7.50. The molecule has 1 saturated heterocycles. The van der Waals surface area contributed by atoms with Crippen LogP contribution in [0.4, 0.5) is 0 Å². The van der Waals surface area contributed by atoms with Crippen LogP contribution in [0.2, 0.25) is 0 Å². The molecule has 0 aromatic rings. The van der Waals surface area contributed by atoms with Crippen LogP contribution in [-0.4, -0.2) is 41.1 Å². The predicted octanol–water partition coefficient (Wildman–Crippen LogP) is 2.08. The highest BCUT2D eigenvalue weighted by molar-refractivity contribution is 7.99. The second-order valence-corrected chi connectivity index (χ2v) is 6.57. The third-order valence-corrected chi connectivity index (χ3v) is 4.34. The average molecular weight is 244 g/mol. The number of rotatable bonds is 6. The van der Waals surface area contributed by atoms with E-state index in [1.807, 2.05) is 16.7 Å². The van der Waals surface area contributed by atoms with Gasteiger partial charge in [-0.25, -0.2) is 0 Å². The largest absolute Gasteiger partial charge is 0.327 e. The van der Waals surface area contributed by atoms with Gasteiger partial charge in [-0.15, -0.1) is 0 Å². The number of carbonyl (C=O) groups excluding carboxylic acids is 1. The lowest BCUT2D eigenvalue weighted by molar-refractivity contribution is -0.129. The molecule has 1 fully saturated rings. The first-order valence-corrected chi connectivity index (χ1v) is 7.30. The van der Waals surface area contributed by atoms with Crippen molar-refractivity contribution in [1.82, 2.24) is 10.2 Å². The number of hydrogen-bond acceptors (Lipinski definition) is 3. The molecule has 3 nitrogen and oxygen atoms in total. The molecule has 1 aliphatic rings. The van der Waals surface area contributed by atoms with Gasteiger partial charge in [-0.05, 0) is 26.5 Å². The highest BCUT2D eigenvalue weighted by Crippen LogP contribution is 2.24. The first kappa shape index (κ1) is 13.8. The Morgan fingerprint density at radius 2 is 2.25 bits per heavy atom. The quantitative estimate of drug-likeness (QED) is 0.776. The predicted molar refractivity (Wildman–Crippen MR) is 70.6 cm³/mol. The van der Waals surface area contributed by atoms with E-state index in [0.717, 1.165) is 32.5 Å². The Balaban J connectivity index is 2.44. The fourth-order valence-corrected chi connectivity index (χ4v) is 2.18. The normalized spacial score (nSPS) is 21.9. The molecule has 1 amide bonds. The number of carbonyl (C=O) groups is 1. The maximum atomic E-state index is 12.1. The molecule has 1 aliphatic heterocycles. The molecule has 1 N–H and O–H groups in total. The zero-order valence-corrected chi connectivity index (χ0v) is 11.7. The summed E-state index contributed by atoms with van der Waals surface area (Å²) in [5, 5.41) is 3.31. The molecule has 1 atom stereocenters. The van der Waals surface area contributed by atoms with Crippen molar-refractivity contribution in [2.75, 3.05) is 19.5 Å². The number of hydrogen-bond donors (Lipinski definition) is 1. The topological polar surface area (TPSA) is 32.3 Å². The molecule has 1 rings (SSSR count). The maximum Gasteiger partial charge on any atom is 0.240 e. The van der Waals surface area contributed by atoms with E-state index in [9.17, 15) is 4.79 Å². The molecule has 0 bridgehead atoms. The summed E-state index contributed by atoms with van der Waals surface area (Å²) in [6.07, 6.45) is 5.36. The summed E-state index contributed by atoms with van der Waals surface area (Å²) in [4.78, 5) is 14.0. The number of nitrogens with one attached hydrogen (secondary N) is 1. The van der Waals surface area contributed by atoms with E-state index in [1.54, 1.807) is 0 Å². The van der Waals surface area contributed by atoms with Crippen molar-refractivity contribution in [2.45, 2.75) is 50.8 Å². The summed E-state index contributed by atoms with van der Waals surface area (Å²) in [7, 11) is 0. The van der Waals surface area contributed by atoms with E-state index in [1.165, 1.54) is 0 Å². The van der Waals surface area contributed by atoms with Crippen molar-refractivity contribution in [3.63, 3.8) is 0 Å². The number of thioether (sulfide) groups is 1. The van der Waals surface area contributed by atoms with E-state index in [2.05, 4.69) is 32.3 Å². The van der Waals surface area contributed by atoms with Crippen LogP contribution in [-0.2, 0) is 4.79 Å². The lowest BCUT2D eigenvalue weighted by atomic mass is 10.1. The fraction of sp³-hybridized carbons (Fsp3) is 0.917. The minimum atomic E-state index is 0.0672. The molecule has 4 heteroatoms. The smallest absolute Gasteiger partial charge is 0.240 e. The molecular weight excluding hydrogens is 220 g/mol. The van der Waals surface area contributed by atoms with Crippen LogP contribution in [0, 0.1) is 0 Å². The van der Waals surface area contributed by atoms with Crippen molar-refractivity contribution in [3.8, 4) is 0 Å². The van der Waals surface area contributed by atoms with Gasteiger partial charge in [-0.1, -0.05) is 19.8 Å². The van der Waals surface area contributed by atoms with E-state index < -0.39 is 0 Å². The minimum Gasteiger partial charge on any atom is -0.327 e. The standard InChI is InChI=1S/C12H24N2OS/c1-5-6-7-10-11(15)14(9-13-10)8-12(2,3)16-4/h10,13H,5-9H2,1-4H3. The van der Waals surface area contributed by atoms with Crippen molar-refractivity contribution in [2.24, 2.45) is 0 Å². The Hall–Kier alpha value is -0.220. The van der Waals surface area contributed by atoms with Crippen molar-refractivity contribution >= 4 is 17.7 Å². The summed E-state index contributed by atoms with van der Waals surface area (Å²) in [6.45, 7) is 8.09. The van der Waals surface area contributed by atoms with Gasteiger partial charge in [0, 0.05) is 11.3 Å². The van der Waals surface area contributed by atoms with Gasteiger partial charge in [0.1, 0.15) is 0 Å². The van der Waals surface area contributed by atoms with Crippen LogP contribution in [0.25, 0.3) is 0 Å². The minimum absolute atomic E-state index is 0.0672. The first-order valence-electron chi connectivity index (χ1n) is 6.07. The second kappa shape index (κ2) is 5.92. The summed E-state index contributed by atoms with van der Waals surface area (Å²) in [5.41, 5.74) is 0. The molecule has 0 aliphatic carbocycles. The third kappa shape index (κ3) is 3.67. The van der Waals surface area contributed by atoms with Gasteiger partial charge < -0.3 is 4.90 Å². The monoisotopic (exact) mass is 244 g/mol. The molecular formula is C12H24N2OS. The molecule has 0 saturated carbocycles. The maximum absolute atomic E-state index is 12.1. The van der Waals surface area contributed by atoms with E-state index in [4.69, 9.17) is 0 Å². The Morgan fingerprint density at radius 1 is 1.56 bits per heavy atom. The molecule has 0 aromatic carbocycles. The van der Waals surface area contributed by atoms with Gasteiger partial charge in [0.05, 0.1) is 12.7 Å². The molecule has 0 spiro atoms. The molecule has 16 heavy (non-hydrogen) atoms. The van der Waals surface area contributed by atoms with Gasteiger partial charge >= 0.3 is 0 Å². The van der Waals surface area contributed by atoms with Crippen molar-refractivity contribution in [3.05, 3.63) is 0 Å². The Morgan fingerprint density at radius 3 is 2.81 bits per heavy atom. The van der Waals surface area contributed by atoms with Gasteiger partial charge in [0.2, 0.25) is 5.91 Å². The zero-order chi connectivity index (χ0) is 12.2. The lowest BCUT2D eigenvalue weighted by Gasteiger charge is -2.28. The van der Waals surface area contributed by atoms with E-state index >= 15 is 0 Å². The van der Waals surface area contributed by atoms with Crippen LogP contribution in [0.3, 0.4) is 0 Å². The summed E-state index contributed by atoms with van der Waals surface area (Å²) >= 11 is 1.81. The number of nitrogens with zero attached hydrogens (tertiary/aromatic N) is 1. The van der Waals surface area contributed by atoms with Gasteiger partial charge in [0.15, 0.2) is 0 Å². The fourth-order valence-electron chi connectivity index (χ4n) is 1.90. The van der Waals surface area contributed by atoms with Crippen molar-refractivity contribution in [1.29, 1.82) is 0 Å². The van der Waals surface area contributed by atoms with Crippen LogP contribution >= 0.6 is 11.8 Å². The molecule has 0 aromatic heterocycles. The summed E-state index contributed by atoms with van der Waals surface area (Å²) < 4.78 is 0.150. The highest BCUT2D eigenvalue weighted by atomic mass is 32.2. The highest BCUT2D eigenvalue weighted by Gasteiger charge is 2.33. The van der Waals surface area contributed by atoms with Crippen molar-refractivity contribution < 1.29 is 4.79 Å². The molecule has 94 valence electrons. The van der Waals surface area contributed by atoms with E-state index in [-0.39, 0.29) is 16.7 Å². The molecule has 0 radical (unpaired) electrons. The summed E-state index contributed by atoms with van der Waals surface area (Å²) in [5.74, 6) is 0.288. The van der Waals surface area contributed by atoms with Gasteiger partial charge in [0.25, 0.3) is 0 Å². The van der Waals surface area contributed by atoms with Crippen LogP contribution < -0.4 is 5.32 Å². The number of unbranched alkanes of at least 4 members (excludes halogenated alkanes) is 1. The van der Waals surface area contributed by atoms with E-state index in [0.29, 0.717) is 0 Å². The van der Waals surface area contributed by atoms with Crippen LogP contribution in [0.15, 0.2) is 0 Å². The Kier molecular flexibility index (Phi) is 5.12. The lowest BCUT2D eigenvalue weighted by Crippen LogP contribution is -2.39. The summed E-state index contributed by atoms with van der Waals surface area (Å²) in [6, 6.07) is 0.0672. The number of amides is 1. The zero-order valence-electron chi connectivity index (χ0n) is 10.9. The third-order valence-electron chi connectivity index (χ3n) is 3.11. The van der Waals surface area contributed by atoms with Gasteiger partial charge in [-0.2, -0.15) is 11.8 Å². The van der Waals surface area contributed by atoms with Crippen LogP contribution in [0.1, 0.15) is 40.0 Å². The SMILES string of the molecule is CCCCC1NCN(CC(C)(C)SC)C1=O. The molecule has 1 heterocycles. The Bertz CT molecular complexity index is 243. The molecule has 1 unspecified atom stereocenters.